The van der Waals surface area contributed by atoms with E-state index in [1.807, 2.05) is 36.7 Å². The number of pyridine rings is 1. The maximum atomic E-state index is 7.00. The van der Waals surface area contributed by atoms with E-state index in [4.69, 9.17) is 10.7 Å². The minimum atomic E-state index is -0.404. The van der Waals surface area contributed by atoms with Crippen molar-refractivity contribution >= 4 is 55.4 Å². The van der Waals surface area contributed by atoms with Crippen molar-refractivity contribution in [3.8, 4) is 11.1 Å². The van der Waals surface area contributed by atoms with Crippen LogP contribution < -0.4 is 5.73 Å². The quantitative estimate of drug-likeness (QED) is 0.134. The van der Waals surface area contributed by atoms with Crippen molar-refractivity contribution in [2.24, 2.45) is 16.1 Å². The minimum Gasteiger partial charge on any atom is -0.320 e. The average Bonchev–Trinajstić information content (AvgIpc) is 3.22. The molecule has 0 saturated heterocycles. The minimum absolute atomic E-state index is 0.309. The van der Waals surface area contributed by atoms with Gasteiger partial charge in [0, 0.05) is 29.4 Å². The Labute approximate surface area is 310 Å². The molecule has 0 radical (unpaired) electrons. The van der Waals surface area contributed by atoms with Crippen LogP contribution in [0.4, 0.5) is 5.69 Å². The number of aromatic nitrogens is 1. The van der Waals surface area contributed by atoms with Crippen molar-refractivity contribution in [3.05, 3.63) is 205 Å². The summed E-state index contributed by atoms with van der Waals surface area (Å²) in [6.45, 7) is 2.30. The van der Waals surface area contributed by atoms with Crippen LogP contribution in [-0.2, 0) is 0 Å². The highest BCUT2D eigenvalue weighted by Crippen LogP contribution is 2.44. The highest BCUT2D eigenvalue weighted by atomic mass is 14.8. The molecule has 0 aliphatic heterocycles. The molecular weight excluding hydrogens is 643 g/mol. The van der Waals surface area contributed by atoms with Gasteiger partial charge in [-0.1, -0.05) is 165 Å². The summed E-state index contributed by atoms with van der Waals surface area (Å²) in [6.07, 6.45) is 11.5. The Morgan fingerprint density at radius 2 is 1.32 bits per heavy atom. The number of rotatable bonds is 7. The average molecular weight is 682 g/mol. The normalized spacial score (nSPS) is 16.6. The zero-order valence-electron chi connectivity index (χ0n) is 29.7. The van der Waals surface area contributed by atoms with Gasteiger partial charge in [0.05, 0.1) is 11.7 Å². The fraction of sp³-hybridized carbons (Fsp3) is 0.0800. The molecule has 2 atom stereocenters. The van der Waals surface area contributed by atoms with Crippen molar-refractivity contribution in [1.82, 2.24) is 4.98 Å². The van der Waals surface area contributed by atoms with Crippen LogP contribution in [0.3, 0.4) is 0 Å². The maximum absolute atomic E-state index is 7.00. The van der Waals surface area contributed by atoms with Gasteiger partial charge < -0.3 is 5.73 Å². The van der Waals surface area contributed by atoms with E-state index in [0.29, 0.717) is 0 Å². The molecule has 0 bridgehead atoms. The van der Waals surface area contributed by atoms with Gasteiger partial charge in [-0.15, -0.1) is 0 Å². The molecule has 1 aliphatic carbocycles. The van der Waals surface area contributed by atoms with Gasteiger partial charge >= 0.3 is 0 Å². The number of aliphatic imine (C=N–C) groups is 1. The summed E-state index contributed by atoms with van der Waals surface area (Å²) in [7, 11) is 0. The zero-order chi connectivity index (χ0) is 35.8. The Balaban J connectivity index is 1.20. The van der Waals surface area contributed by atoms with E-state index in [1.54, 1.807) is 0 Å². The van der Waals surface area contributed by atoms with Crippen LogP contribution >= 0.6 is 0 Å². The van der Waals surface area contributed by atoms with Crippen LogP contribution in [0, 0.1) is 5.41 Å². The largest absolute Gasteiger partial charge is 0.320 e. The molecular formula is C50H39N3. The maximum Gasteiger partial charge on any atom is 0.0755 e. The van der Waals surface area contributed by atoms with E-state index < -0.39 is 5.41 Å². The van der Waals surface area contributed by atoms with Gasteiger partial charge in [-0.2, -0.15) is 0 Å². The molecule has 53 heavy (non-hydrogen) atoms. The molecule has 1 aliphatic rings. The number of fused-ring (bicyclic) bond motifs is 4. The summed E-state index contributed by atoms with van der Waals surface area (Å²) < 4.78 is 0. The number of nitrogens with two attached hydrogens (primary N) is 1. The van der Waals surface area contributed by atoms with Crippen LogP contribution in [0.1, 0.15) is 41.6 Å². The van der Waals surface area contributed by atoms with Crippen LogP contribution in [0.2, 0.25) is 0 Å². The molecule has 2 N–H and O–H groups in total. The first kappa shape index (κ1) is 32.5. The van der Waals surface area contributed by atoms with Crippen molar-refractivity contribution in [3.63, 3.8) is 0 Å². The lowest BCUT2D eigenvalue weighted by atomic mass is 9.75. The summed E-state index contributed by atoms with van der Waals surface area (Å²) >= 11 is 0. The van der Waals surface area contributed by atoms with Crippen molar-refractivity contribution < 1.29 is 0 Å². The van der Waals surface area contributed by atoms with Crippen LogP contribution in [0.25, 0.3) is 54.6 Å². The molecule has 0 fully saturated rings. The third kappa shape index (κ3) is 6.26. The van der Waals surface area contributed by atoms with E-state index in [2.05, 4.69) is 164 Å². The Bertz CT molecular complexity index is 2710. The lowest BCUT2D eigenvalue weighted by Gasteiger charge is -2.30. The summed E-state index contributed by atoms with van der Waals surface area (Å²) in [5, 5.41) is 7.24. The Morgan fingerprint density at radius 1 is 0.642 bits per heavy atom. The molecule has 1 aromatic heterocycles. The third-order valence-electron chi connectivity index (χ3n) is 10.6. The van der Waals surface area contributed by atoms with Crippen molar-refractivity contribution in [2.45, 2.75) is 19.4 Å². The second kappa shape index (κ2) is 13.6. The topological polar surface area (TPSA) is 51.3 Å². The van der Waals surface area contributed by atoms with Gasteiger partial charge in [0.2, 0.25) is 0 Å². The van der Waals surface area contributed by atoms with Crippen LogP contribution in [0.5, 0.6) is 0 Å². The molecule has 3 heteroatoms. The van der Waals surface area contributed by atoms with E-state index in [1.165, 1.54) is 43.8 Å². The Morgan fingerprint density at radius 3 is 2.09 bits per heavy atom. The lowest BCUT2D eigenvalue weighted by molar-refractivity contribution is 0.629. The molecule has 9 rings (SSSR count). The number of benzene rings is 7. The molecule has 254 valence electrons. The number of hydrogen-bond donors (Lipinski definition) is 1. The summed E-state index contributed by atoms with van der Waals surface area (Å²) in [5.74, 6) is 0. The van der Waals surface area contributed by atoms with Crippen molar-refractivity contribution in [2.75, 3.05) is 0 Å². The first-order chi connectivity index (χ1) is 26.0. The van der Waals surface area contributed by atoms with Gasteiger partial charge in [0.15, 0.2) is 0 Å². The second-order valence-corrected chi connectivity index (χ2v) is 14.3. The van der Waals surface area contributed by atoms with E-state index in [9.17, 15) is 0 Å². The highest BCUT2D eigenvalue weighted by Gasteiger charge is 2.28. The van der Waals surface area contributed by atoms with E-state index in [0.717, 1.165) is 45.1 Å². The molecule has 7 aromatic carbocycles. The van der Waals surface area contributed by atoms with Gasteiger partial charge in [0.25, 0.3) is 0 Å². The fourth-order valence-corrected chi connectivity index (χ4v) is 7.94. The van der Waals surface area contributed by atoms with E-state index >= 15 is 0 Å². The third-order valence-corrected chi connectivity index (χ3v) is 10.6. The van der Waals surface area contributed by atoms with Gasteiger partial charge in [-0.3, -0.25) is 9.98 Å². The monoisotopic (exact) mass is 681 g/mol. The molecule has 2 unspecified atom stereocenters. The fourth-order valence-electron chi connectivity index (χ4n) is 7.94. The Kier molecular flexibility index (Phi) is 8.34. The van der Waals surface area contributed by atoms with Gasteiger partial charge in [-0.25, -0.2) is 0 Å². The van der Waals surface area contributed by atoms with Gasteiger partial charge in [-0.05, 0) is 90.0 Å². The van der Waals surface area contributed by atoms with Crippen LogP contribution in [0.15, 0.2) is 187 Å². The number of nitrogens with zero attached hydrogens (tertiary/aromatic N) is 2. The molecule has 0 amide bonds. The standard InChI is InChI=1S/C50H39N3/c1-50(33-53-49-43-18-8-5-12-36(43)25-26-46(49)48(51)37-13-3-2-4-14-37)30-40(35-23-21-34(22-24-35)39-16-11-27-52-32-39)28-41(31-50)47-29-38-15-6-7-17-42(38)44-19-9-10-20-45(44)47/h2-29,31-33,48H,30,51H2,1H3/b53-33+. The molecule has 3 nitrogen and oxygen atoms in total. The SMILES string of the molecule is CC1(/C=N/c2c(C(N)c3ccccc3)ccc3ccccc23)C=C(c2cc3ccccc3c3ccccc23)C=C(c2ccc(-c3cccnc3)cc2)C1. The number of allylic oxidation sites excluding steroid dienone is 4. The van der Waals surface area contributed by atoms with Crippen molar-refractivity contribution in [1.29, 1.82) is 0 Å². The summed E-state index contributed by atoms with van der Waals surface area (Å²) in [6, 6.07) is 55.6. The second-order valence-electron chi connectivity index (χ2n) is 14.3. The summed E-state index contributed by atoms with van der Waals surface area (Å²) in [5.41, 5.74) is 16.7. The zero-order valence-corrected chi connectivity index (χ0v) is 29.7. The summed E-state index contributed by atoms with van der Waals surface area (Å²) in [4.78, 5) is 9.75. The molecule has 0 spiro atoms. The molecule has 8 aromatic rings. The molecule has 1 heterocycles. The smallest absolute Gasteiger partial charge is 0.0755 e. The highest BCUT2D eigenvalue weighted by molar-refractivity contribution is 6.13. The predicted octanol–water partition coefficient (Wildman–Crippen LogP) is 12.5. The van der Waals surface area contributed by atoms with Gasteiger partial charge in [0.1, 0.15) is 0 Å². The Hall–Kier alpha value is -6.42. The molecule has 0 saturated carbocycles. The lowest BCUT2D eigenvalue weighted by Crippen LogP contribution is -2.19. The predicted molar refractivity (Wildman–Crippen MR) is 224 cm³/mol. The number of hydrogen-bond acceptors (Lipinski definition) is 3. The van der Waals surface area contributed by atoms with E-state index in [-0.39, 0.29) is 6.04 Å². The first-order valence-corrected chi connectivity index (χ1v) is 18.3. The first-order valence-electron chi connectivity index (χ1n) is 18.3. The van der Waals surface area contributed by atoms with Crippen LogP contribution in [-0.4, -0.2) is 11.2 Å².